The first-order valence-corrected chi connectivity index (χ1v) is 8.59. The highest BCUT2D eigenvalue weighted by atomic mass is 16.2. The van der Waals surface area contributed by atoms with Crippen LogP contribution in [0.15, 0.2) is 18.3 Å². The summed E-state index contributed by atoms with van der Waals surface area (Å²) in [5.41, 5.74) is 0.728. The molecular weight excluding hydrogens is 276 g/mol. The second-order valence-corrected chi connectivity index (χ2v) is 6.67. The quantitative estimate of drug-likeness (QED) is 0.920. The average molecular weight is 304 g/mol. The maximum absolute atomic E-state index is 12.6. The van der Waals surface area contributed by atoms with Crippen molar-refractivity contribution in [2.24, 2.45) is 0 Å². The fourth-order valence-electron chi connectivity index (χ4n) is 3.59. The van der Waals surface area contributed by atoms with Crippen molar-refractivity contribution in [3.8, 4) is 0 Å². The number of piperidine rings is 1. The highest BCUT2D eigenvalue weighted by Gasteiger charge is 2.28. The van der Waals surface area contributed by atoms with E-state index in [2.05, 4.69) is 26.7 Å². The fraction of sp³-hybridized carbons (Fsp3) is 0.706. The summed E-state index contributed by atoms with van der Waals surface area (Å²) in [6.45, 7) is 6.67. The number of aromatic amines is 1. The van der Waals surface area contributed by atoms with Crippen LogP contribution in [-0.2, 0) is 0 Å². The summed E-state index contributed by atoms with van der Waals surface area (Å²) in [6, 6.07) is 4.19. The predicted molar refractivity (Wildman–Crippen MR) is 88.0 cm³/mol. The van der Waals surface area contributed by atoms with Gasteiger partial charge in [-0.2, -0.15) is 0 Å². The number of aromatic nitrogens is 1. The molecule has 3 rings (SSSR count). The number of hydrogen-bond acceptors (Lipinski definition) is 3. The van der Waals surface area contributed by atoms with Gasteiger partial charge in [0.2, 0.25) is 0 Å². The molecule has 0 unspecified atom stereocenters. The van der Waals surface area contributed by atoms with E-state index in [-0.39, 0.29) is 5.91 Å². The van der Waals surface area contributed by atoms with Crippen molar-refractivity contribution in [1.82, 2.24) is 19.7 Å². The van der Waals surface area contributed by atoms with Crippen molar-refractivity contribution in [1.29, 1.82) is 0 Å². The van der Waals surface area contributed by atoms with Crippen molar-refractivity contribution in [3.05, 3.63) is 24.0 Å². The van der Waals surface area contributed by atoms with E-state index in [0.29, 0.717) is 6.04 Å². The summed E-state index contributed by atoms with van der Waals surface area (Å²) in [5.74, 6) is 0.174. The van der Waals surface area contributed by atoms with Crippen LogP contribution in [0.1, 0.15) is 36.2 Å². The van der Waals surface area contributed by atoms with Crippen LogP contribution in [0.25, 0.3) is 0 Å². The minimum absolute atomic E-state index is 0.174. The number of likely N-dealkylation sites (tertiary alicyclic amines) is 1. The van der Waals surface area contributed by atoms with E-state index < -0.39 is 0 Å². The molecule has 22 heavy (non-hydrogen) atoms. The number of rotatable bonds is 4. The predicted octanol–water partition coefficient (Wildman–Crippen LogP) is 1.65. The highest BCUT2D eigenvalue weighted by molar-refractivity contribution is 5.92. The average Bonchev–Trinajstić information content (AvgIpc) is 3.08. The summed E-state index contributed by atoms with van der Waals surface area (Å²) >= 11 is 0. The van der Waals surface area contributed by atoms with Crippen LogP contribution in [0.2, 0.25) is 0 Å². The first kappa shape index (κ1) is 15.6. The van der Waals surface area contributed by atoms with Gasteiger partial charge in [-0.25, -0.2) is 0 Å². The molecule has 1 N–H and O–H groups in total. The maximum Gasteiger partial charge on any atom is 0.270 e. The first-order chi connectivity index (χ1) is 10.7. The zero-order chi connectivity index (χ0) is 15.4. The topological polar surface area (TPSA) is 42.6 Å². The van der Waals surface area contributed by atoms with Gasteiger partial charge < -0.3 is 19.7 Å². The molecule has 0 spiro atoms. The summed E-state index contributed by atoms with van der Waals surface area (Å²) in [4.78, 5) is 22.7. The Labute approximate surface area is 133 Å². The molecule has 0 aliphatic carbocycles. The summed E-state index contributed by atoms with van der Waals surface area (Å²) in [6.07, 6.45) is 6.48. The Balaban J connectivity index is 1.55. The Morgan fingerprint density at radius 3 is 2.77 bits per heavy atom. The van der Waals surface area contributed by atoms with E-state index in [0.717, 1.165) is 64.2 Å². The number of likely N-dealkylation sites (N-methyl/N-ethyl adjacent to an activating group) is 1. The summed E-state index contributed by atoms with van der Waals surface area (Å²) in [5, 5.41) is 0. The highest BCUT2D eigenvalue weighted by Crippen LogP contribution is 2.22. The van der Waals surface area contributed by atoms with Gasteiger partial charge in [-0.1, -0.05) is 0 Å². The molecule has 1 aromatic rings. The molecule has 122 valence electrons. The number of nitrogens with zero attached hydrogens (tertiary/aromatic N) is 3. The Bertz CT molecular complexity index is 465. The molecule has 0 bridgehead atoms. The van der Waals surface area contributed by atoms with Crippen LogP contribution in [0.4, 0.5) is 0 Å². The molecule has 2 aliphatic rings. The lowest BCUT2D eigenvalue weighted by atomic mass is 9.98. The van der Waals surface area contributed by atoms with E-state index in [1.807, 2.05) is 18.3 Å². The Kier molecular flexibility index (Phi) is 5.16. The number of carbonyl (C=O) groups is 1. The third kappa shape index (κ3) is 3.70. The number of H-pyrrole nitrogens is 1. The minimum atomic E-state index is 0.174. The Morgan fingerprint density at radius 2 is 2.05 bits per heavy atom. The Morgan fingerprint density at radius 1 is 1.23 bits per heavy atom. The van der Waals surface area contributed by atoms with Crippen LogP contribution in [0.5, 0.6) is 0 Å². The fourth-order valence-corrected chi connectivity index (χ4v) is 3.59. The van der Waals surface area contributed by atoms with Gasteiger partial charge in [0, 0.05) is 51.5 Å². The lowest BCUT2D eigenvalue weighted by Gasteiger charge is -2.38. The van der Waals surface area contributed by atoms with Crippen LogP contribution >= 0.6 is 0 Å². The molecule has 3 heterocycles. The summed E-state index contributed by atoms with van der Waals surface area (Å²) < 4.78 is 0. The van der Waals surface area contributed by atoms with Crippen molar-refractivity contribution in [2.75, 3.05) is 46.3 Å². The van der Waals surface area contributed by atoms with E-state index in [9.17, 15) is 4.79 Å². The monoisotopic (exact) mass is 304 g/mol. The molecule has 0 aromatic carbocycles. The molecule has 1 aromatic heterocycles. The van der Waals surface area contributed by atoms with Crippen molar-refractivity contribution in [2.45, 2.75) is 31.7 Å². The number of nitrogens with one attached hydrogen (secondary N) is 1. The van der Waals surface area contributed by atoms with Gasteiger partial charge in [0.05, 0.1) is 0 Å². The van der Waals surface area contributed by atoms with E-state index in [1.165, 1.54) is 6.42 Å². The van der Waals surface area contributed by atoms with E-state index in [1.54, 1.807) is 0 Å². The second-order valence-electron chi connectivity index (χ2n) is 6.67. The van der Waals surface area contributed by atoms with Gasteiger partial charge >= 0.3 is 0 Å². The van der Waals surface area contributed by atoms with E-state index in [4.69, 9.17) is 0 Å². The lowest BCUT2D eigenvalue weighted by molar-refractivity contribution is 0.0564. The molecule has 1 atom stereocenters. The number of amides is 1. The van der Waals surface area contributed by atoms with Crippen molar-refractivity contribution >= 4 is 5.91 Å². The first-order valence-electron chi connectivity index (χ1n) is 8.59. The van der Waals surface area contributed by atoms with Gasteiger partial charge in [-0.05, 0) is 44.9 Å². The zero-order valence-electron chi connectivity index (χ0n) is 13.6. The summed E-state index contributed by atoms with van der Waals surface area (Å²) in [7, 11) is 2.19. The molecule has 2 aliphatic heterocycles. The van der Waals surface area contributed by atoms with Gasteiger partial charge in [0.25, 0.3) is 5.91 Å². The molecule has 2 saturated heterocycles. The molecule has 5 nitrogen and oxygen atoms in total. The normalized spacial score (nSPS) is 24.6. The molecular formula is C17H28N4O. The third-order valence-electron chi connectivity index (χ3n) is 5.09. The van der Waals surface area contributed by atoms with Crippen LogP contribution in [-0.4, -0.2) is 77.9 Å². The molecule has 0 radical (unpaired) electrons. The smallest absolute Gasteiger partial charge is 0.270 e. The van der Waals surface area contributed by atoms with Gasteiger partial charge in [-0.15, -0.1) is 0 Å². The number of hydrogen-bond donors (Lipinski definition) is 1. The maximum atomic E-state index is 12.6. The SMILES string of the molecule is CN1CCN(CC[C@@H]2CCCCN2C(=O)c2ccc[nH]2)CC1. The molecule has 0 saturated carbocycles. The lowest BCUT2D eigenvalue weighted by Crippen LogP contribution is -2.48. The number of carbonyl (C=O) groups excluding carboxylic acids is 1. The van der Waals surface area contributed by atoms with Gasteiger partial charge in [0.1, 0.15) is 5.69 Å². The van der Waals surface area contributed by atoms with Crippen LogP contribution in [0, 0.1) is 0 Å². The second kappa shape index (κ2) is 7.29. The molecule has 2 fully saturated rings. The minimum Gasteiger partial charge on any atom is -0.357 e. The van der Waals surface area contributed by atoms with Crippen LogP contribution < -0.4 is 0 Å². The standard InChI is InChI=1S/C17H28N4O/c1-19-11-13-20(14-12-19)10-7-15-5-2-3-9-21(15)17(22)16-6-4-8-18-16/h4,6,8,15,18H,2-3,5,7,9-14H2,1H3/t15-/m0/s1. The van der Waals surface area contributed by atoms with E-state index >= 15 is 0 Å². The van der Waals surface area contributed by atoms with Crippen LogP contribution in [0.3, 0.4) is 0 Å². The van der Waals surface area contributed by atoms with Gasteiger partial charge in [-0.3, -0.25) is 4.79 Å². The van der Waals surface area contributed by atoms with Crippen molar-refractivity contribution < 1.29 is 4.79 Å². The van der Waals surface area contributed by atoms with Gasteiger partial charge in [0.15, 0.2) is 0 Å². The van der Waals surface area contributed by atoms with Crippen molar-refractivity contribution in [3.63, 3.8) is 0 Å². The zero-order valence-corrected chi connectivity index (χ0v) is 13.6. The Hall–Kier alpha value is -1.33. The largest absolute Gasteiger partial charge is 0.357 e. The molecule has 1 amide bonds. The number of piperazine rings is 1. The molecule has 5 heteroatoms. The third-order valence-corrected chi connectivity index (χ3v) is 5.09.